The van der Waals surface area contributed by atoms with Crippen molar-refractivity contribution in [2.75, 3.05) is 79.6 Å². The van der Waals surface area contributed by atoms with E-state index in [0.29, 0.717) is 56.8 Å². The van der Waals surface area contributed by atoms with Gasteiger partial charge in [-0.2, -0.15) is 0 Å². The van der Waals surface area contributed by atoms with Gasteiger partial charge >= 0.3 is 23.9 Å². The smallest absolute Gasteiger partial charge is 0.306 e. The monoisotopic (exact) mass is 1230 g/mol. The summed E-state index contributed by atoms with van der Waals surface area (Å²) in [5.41, 5.74) is 6.41. The molecule has 0 bridgehead atoms. The first-order valence-electron chi connectivity index (χ1n) is 30.1. The molecule has 0 fully saturated rings. The lowest BCUT2D eigenvalue weighted by Crippen LogP contribution is -2.34. The van der Waals surface area contributed by atoms with Gasteiger partial charge in [0.25, 0.3) is 0 Å². The van der Waals surface area contributed by atoms with E-state index in [1.165, 1.54) is 0 Å². The number of carbonyl (C=O) groups is 4. The second-order valence-corrected chi connectivity index (χ2v) is 22.8. The van der Waals surface area contributed by atoms with E-state index in [1.54, 1.807) is 54.4 Å². The number of methoxy groups -OCH3 is 4. The van der Waals surface area contributed by atoms with Crippen LogP contribution in [-0.2, 0) is 67.3 Å². The highest BCUT2D eigenvalue weighted by atomic mass is 16.6. The van der Waals surface area contributed by atoms with E-state index < -0.39 is 47.3 Å². The molecular weight excluding hydrogens is 1160 g/mol. The Hall–Kier alpha value is -10.0. The van der Waals surface area contributed by atoms with Crippen molar-refractivity contribution in [3.8, 4) is 34.5 Å². The van der Waals surface area contributed by atoms with Crippen LogP contribution in [0.5, 0.6) is 34.5 Å². The first-order chi connectivity index (χ1) is 44.0. The number of rotatable bonds is 26. The van der Waals surface area contributed by atoms with Crippen LogP contribution in [0.3, 0.4) is 0 Å². The van der Waals surface area contributed by atoms with Crippen molar-refractivity contribution in [2.45, 2.75) is 76.2 Å². The molecule has 0 N–H and O–H groups in total. The van der Waals surface area contributed by atoms with Crippen LogP contribution >= 0.6 is 0 Å². The highest BCUT2D eigenvalue weighted by molar-refractivity contribution is 6.00. The average molecular weight is 1230 g/mol. The van der Waals surface area contributed by atoms with Crippen LogP contribution in [0.15, 0.2) is 158 Å². The molecule has 0 aliphatic carbocycles. The lowest BCUT2D eigenvalue weighted by atomic mass is 9.82. The Morgan fingerprint density at radius 3 is 1.15 bits per heavy atom. The van der Waals surface area contributed by atoms with Gasteiger partial charge in [-0.3, -0.25) is 19.2 Å². The van der Waals surface area contributed by atoms with E-state index in [2.05, 4.69) is 48.5 Å². The van der Waals surface area contributed by atoms with Gasteiger partial charge in [-0.25, -0.2) is 0 Å². The Morgan fingerprint density at radius 2 is 0.802 bits per heavy atom. The highest BCUT2D eigenvalue weighted by Crippen LogP contribution is 2.51. The zero-order chi connectivity index (χ0) is 64.4. The van der Waals surface area contributed by atoms with Gasteiger partial charge in [0.05, 0.1) is 67.3 Å². The molecule has 10 rings (SSSR count). The number of nitrogens with zero attached hydrogens (tertiary/aromatic N) is 2. The maximum absolute atomic E-state index is 13.3. The van der Waals surface area contributed by atoms with Crippen molar-refractivity contribution >= 4 is 68.9 Å². The largest absolute Gasteiger partial charge is 0.497 e. The third-order valence-corrected chi connectivity index (χ3v) is 16.2. The summed E-state index contributed by atoms with van der Waals surface area (Å²) >= 11 is 0. The third kappa shape index (κ3) is 14.1. The minimum Gasteiger partial charge on any atom is -0.497 e. The molecule has 2 aliphatic heterocycles. The van der Waals surface area contributed by atoms with Crippen LogP contribution in [-0.4, -0.2) is 106 Å². The molecule has 8 aromatic carbocycles. The molecule has 2 heterocycles. The summed E-state index contributed by atoms with van der Waals surface area (Å²) in [7, 11) is 14.3. The van der Waals surface area contributed by atoms with Gasteiger partial charge in [0.1, 0.15) is 59.9 Å². The summed E-state index contributed by atoms with van der Waals surface area (Å²) in [4.78, 5) is 56.7. The number of fused-ring (bicyclic) bond motifs is 6. The van der Waals surface area contributed by atoms with Crippen LogP contribution in [0.25, 0.3) is 33.7 Å². The number of ether oxygens (including phenoxy) is 11. The number of anilines is 2. The van der Waals surface area contributed by atoms with E-state index in [-0.39, 0.29) is 52.1 Å². The quantitative estimate of drug-likeness (QED) is 0.0369. The molecule has 91 heavy (non-hydrogen) atoms. The molecule has 8 aromatic rings. The van der Waals surface area contributed by atoms with Crippen molar-refractivity contribution in [3.05, 3.63) is 202 Å². The Labute approximate surface area is 530 Å². The summed E-state index contributed by atoms with van der Waals surface area (Å²) in [5.74, 6) is 0.881. The lowest BCUT2D eigenvalue weighted by molar-refractivity contribution is -0.158. The normalized spacial score (nSPS) is 16.0. The highest BCUT2D eigenvalue weighted by Gasteiger charge is 2.41. The lowest BCUT2D eigenvalue weighted by Gasteiger charge is -2.37. The Balaban J connectivity index is 0.707. The van der Waals surface area contributed by atoms with E-state index in [1.807, 2.05) is 147 Å². The van der Waals surface area contributed by atoms with Gasteiger partial charge in [0.2, 0.25) is 0 Å². The van der Waals surface area contributed by atoms with Crippen LogP contribution < -0.4 is 38.2 Å². The van der Waals surface area contributed by atoms with Crippen molar-refractivity contribution in [2.24, 2.45) is 0 Å². The Bertz CT molecular complexity index is 3740. The van der Waals surface area contributed by atoms with Gasteiger partial charge in [0, 0.05) is 118 Å². The van der Waals surface area contributed by atoms with Crippen LogP contribution in [0, 0.1) is 0 Å². The van der Waals surface area contributed by atoms with Gasteiger partial charge in [-0.1, -0.05) is 97.1 Å². The van der Waals surface area contributed by atoms with Gasteiger partial charge in [0.15, 0.2) is 11.2 Å². The molecule has 4 atom stereocenters. The van der Waals surface area contributed by atoms with Crippen molar-refractivity contribution in [1.29, 1.82) is 0 Å². The third-order valence-electron chi connectivity index (χ3n) is 16.2. The minimum atomic E-state index is -1.03. The number of esters is 4. The minimum absolute atomic E-state index is 0.00934. The molecule has 0 saturated carbocycles. The van der Waals surface area contributed by atoms with E-state index in [4.69, 9.17) is 52.1 Å². The fourth-order valence-corrected chi connectivity index (χ4v) is 11.4. The number of hydrogen-bond donors (Lipinski definition) is 0. The first-order valence-corrected chi connectivity index (χ1v) is 30.1. The summed E-state index contributed by atoms with van der Waals surface area (Å²) < 4.78 is 66.1. The van der Waals surface area contributed by atoms with Crippen LogP contribution in [0.1, 0.15) is 84.0 Å². The molecule has 0 radical (unpaired) electrons. The number of carbonyl (C=O) groups excluding carboxylic acids is 4. The molecular formula is C74H76N2O15. The van der Waals surface area contributed by atoms with E-state index in [0.717, 1.165) is 55.2 Å². The molecule has 17 heteroatoms. The molecule has 17 nitrogen and oxygen atoms in total. The van der Waals surface area contributed by atoms with Crippen LogP contribution in [0.4, 0.5) is 11.4 Å². The summed E-state index contributed by atoms with van der Waals surface area (Å²) in [6, 6.07) is 47.6. The van der Waals surface area contributed by atoms with Crippen molar-refractivity contribution in [3.63, 3.8) is 0 Å². The standard InChI is InChI=1S/C74H76N2O15/c1-47(88-69(79)31-29-67(77)86-45-49-37-61-63(39-57(81-7)41-65(61)83-9)71-59(49)33-35-73(90-71,51-17-13-11-14-18-51)53-21-25-55(26-22-53)75(3)4)43-85-44-48(2)89-70(80)32-30-68(78)87-46-50-38-62-64(40-58(82-8)42-66(62)84-10)72-60(50)34-36-74(91-72,52-19-15-12-16-20-52)54-23-27-56(28-24-54)76(5)6/h11-28,33-42,47-48H,29-32,43-46H2,1-10H3. The van der Waals surface area contributed by atoms with Gasteiger partial charge in [-0.05, 0) is 74.5 Å². The fourth-order valence-electron chi connectivity index (χ4n) is 11.4. The topological polar surface area (TPSA) is 176 Å². The predicted octanol–water partition coefficient (Wildman–Crippen LogP) is 13.1. The summed E-state index contributed by atoms with van der Waals surface area (Å²) in [6.45, 7) is 3.04. The molecule has 0 aromatic heterocycles. The van der Waals surface area contributed by atoms with E-state index in [9.17, 15) is 19.2 Å². The van der Waals surface area contributed by atoms with Crippen molar-refractivity contribution in [1.82, 2.24) is 0 Å². The second-order valence-electron chi connectivity index (χ2n) is 22.8. The molecule has 2 aliphatic rings. The van der Waals surface area contributed by atoms with Crippen LogP contribution in [0.2, 0.25) is 0 Å². The number of benzene rings is 8. The predicted molar refractivity (Wildman–Crippen MR) is 349 cm³/mol. The molecule has 4 unspecified atom stereocenters. The van der Waals surface area contributed by atoms with Crippen molar-refractivity contribution < 1.29 is 71.3 Å². The molecule has 0 spiro atoms. The summed E-state index contributed by atoms with van der Waals surface area (Å²) in [5, 5.41) is 2.92. The molecule has 0 saturated heterocycles. The maximum atomic E-state index is 13.3. The fraction of sp³-hybridized carbons (Fsp3) is 0.297. The van der Waals surface area contributed by atoms with Gasteiger partial charge < -0.3 is 61.9 Å². The second kappa shape index (κ2) is 28.2. The first kappa shape index (κ1) is 64.0. The zero-order valence-corrected chi connectivity index (χ0v) is 53.0. The molecule has 0 amide bonds. The SMILES string of the molecule is COc1cc(OC)c2cc(COC(=O)CCC(=O)OC(C)COCC(C)OC(=O)CCC(=O)OCc3cc4c(OC)cc(OC)cc4c4c3C=CC(c3ccccc3)(c3ccc(N(C)C)cc3)O4)c3c(c2c1)OC(c1ccccc1)(c1ccc(N(C)C)cc1)C=C3. The van der Waals surface area contributed by atoms with Gasteiger partial charge in [-0.15, -0.1) is 0 Å². The zero-order valence-electron chi connectivity index (χ0n) is 53.0. The van der Waals surface area contributed by atoms with E-state index >= 15 is 0 Å². The number of hydrogen-bond acceptors (Lipinski definition) is 17. The Morgan fingerprint density at radius 1 is 0.440 bits per heavy atom. The average Bonchev–Trinajstić information content (AvgIpc) is 0.790. The molecule has 472 valence electrons. The Kier molecular flexibility index (Phi) is 19.9. The maximum Gasteiger partial charge on any atom is 0.306 e. The summed E-state index contributed by atoms with van der Waals surface area (Å²) in [6.07, 6.45) is 5.72.